The first kappa shape index (κ1) is 14.8. The van der Waals surface area contributed by atoms with Gasteiger partial charge in [-0.1, -0.05) is 32.8 Å². The van der Waals surface area contributed by atoms with E-state index in [-0.39, 0.29) is 5.91 Å². The molecule has 3 rings (SSSR count). The number of rotatable bonds is 4. The molecular weight excluding hydrogens is 276 g/mol. The molecule has 1 amide bonds. The minimum absolute atomic E-state index is 0.134. The number of carbonyl (C=O) groups excluding carboxylic acids is 1. The van der Waals surface area contributed by atoms with Gasteiger partial charge in [-0.3, -0.25) is 9.48 Å². The van der Waals surface area contributed by atoms with Gasteiger partial charge >= 0.3 is 0 Å². The van der Waals surface area contributed by atoms with Crippen molar-refractivity contribution in [1.29, 1.82) is 0 Å². The number of carbonyl (C=O) groups is 1. The molecule has 0 aromatic carbocycles. The summed E-state index contributed by atoms with van der Waals surface area (Å²) in [6, 6.07) is 6.03. The maximum absolute atomic E-state index is 12.6. The molecule has 0 atom stereocenters. The van der Waals surface area contributed by atoms with E-state index in [4.69, 9.17) is 0 Å². The number of nitrogens with one attached hydrogen (secondary N) is 1. The molecule has 1 saturated carbocycles. The van der Waals surface area contributed by atoms with Crippen LogP contribution in [0.25, 0.3) is 0 Å². The summed E-state index contributed by atoms with van der Waals surface area (Å²) in [5.41, 5.74) is 1.66. The predicted molar refractivity (Wildman–Crippen MR) is 86.0 cm³/mol. The van der Waals surface area contributed by atoms with Crippen molar-refractivity contribution in [3.8, 4) is 0 Å². The van der Waals surface area contributed by atoms with E-state index in [0.717, 1.165) is 18.4 Å². The van der Waals surface area contributed by atoms with Crippen LogP contribution in [-0.2, 0) is 0 Å². The van der Waals surface area contributed by atoms with E-state index in [2.05, 4.69) is 29.2 Å². The molecule has 0 saturated heterocycles. The molecule has 0 spiro atoms. The normalized spacial score (nSPS) is 15.4. The smallest absolute Gasteiger partial charge is 0.275 e. The van der Waals surface area contributed by atoms with Gasteiger partial charge in [0, 0.05) is 12.4 Å². The Morgan fingerprint density at radius 3 is 2.77 bits per heavy atom. The van der Waals surface area contributed by atoms with Gasteiger partial charge < -0.3 is 5.32 Å². The van der Waals surface area contributed by atoms with Crippen molar-refractivity contribution in [2.75, 3.05) is 5.32 Å². The van der Waals surface area contributed by atoms with Crippen LogP contribution < -0.4 is 5.32 Å². The first-order valence-electron chi connectivity index (χ1n) is 7.96. The van der Waals surface area contributed by atoms with Crippen LogP contribution in [0.2, 0.25) is 0 Å². The van der Waals surface area contributed by atoms with E-state index in [0.29, 0.717) is 23.5 Å². The van der Waals surface area contributed by atoms with Crippen LogP contribution in [0.5, 0.6) is 0 Å². The number of nitrogens with zero attached hydrogens (tertiary/aromatic N) is 3. The van der Waals surface area contributed by atoms with Crippen LogP contribution in [0.3, 0.4) is 0 Å². The van der Waals surface area contributed by atoms with Gasteiger partial charge in [0.2, 0.25) is 0 Å². The van der Waals surface area contributed by atoms with Crippen molar-refractivity contribution in [3.05, 3.63) is 41.9 Å². The fourth-order valence-electron chi connectivity index (χ4n) is 3.09. The Labute approximate surface area is 130 Å². The average molecular weight is 298 g/mol. The highest BCUT2D eigenvalue weighted by Gasteiger charge is 2.23. The average Bonchev–Trinajstić information content (AvgIpc) is 3.18. The van der Waals surface area contributed by atoms with Crippen molar-refractivity contribution >= 4 is 11.7 Å². The fourth-order valence-corrected chi connectivity index (χ4v) is 3.09. The summed E-state index contributed by atoms with van der Waals surface area (Å²) in [5.74, 6) is 0.815. The molecule has 0 unspecified atom stereocenters. The van der Waals surface area contributed by atoms with E-state index in [1.165, 1.54) is 12.8 Å². The summed E-state index contributed by atoms with van der Waals surface area (Å²) in [7, 11) is 0. The van der Waals surface area contributed by atoms with Gasteiger partial charge in [-0.25, -0.2) is 4.98 Å². The highest BCUT2D eigenvalue weighted by Crippen LogP contribution is 2.30. The van der Waals surface area contributed by atoms with Crippen molar-refractivity contribution in [2.45, 2.75) is 51.5 Å². The van der Waals surface area contributed by atoms with Crippen LogP contribution in [0.1, 0.15) is 67.5 Å². The minimum Gasteiger partial charge on any atom is -0.305 e. The molecule has 0 aliphatic heterocycles. The van der Waals surface area contributed by atoms with Gasteiger partial charge in [0.05, 0.1) is 6.04 Å². The summed E-state index contributed by atoms with van der Waals surface area (Å²) >= 11 is 0. The molecule has 5 nitrogen and oxygen atoms in total. The Hall–Kier alpha value is -2.17. The molecule has 22 heavy (non-hydrogen) atoms. The third-order valence-corrected chi connectivity index (χ3v) is 4.27. The van der Waals surface area contributed by atoms with E-state index in [9.17, 15) is 4.79 Å². The number of amides is 1. The predicted octanol–water partition coefficient (Wildman–Crippen LogP) is 3.77. The second kappa shape index (κ2) is 6.30. The standard InChI is InChI=1S/C17H22N4O/c1-12(2)14-8-5-10-18-16(14)20-17(22)15-9-11-19-21(15)13-6-3-4-7-13/h5,8-13H,3-4,6-7H2,1-2H3,(H,18,20,22). The molecular formula is C17H22N4O. The molecule has 116 valence electrons. The topological polar surface area (TPSA) is 59.8 Å². The Bertz CT molecular complexity index is 656. The Kier molecular flexibility index (Phi) is 4.22. The summed E-state index contributed by atoms with van der Waals surface area (Å²) in [5, 5.41) is 7.30. The van der Waals surface area contributed by atoms with Crippen molar-refractivity contribution in [1.82, 2.24) is 14.8 Å². The zero-order valence-corrected chi connectivity index (χ0v) is 13.1. The summed E-state index contributed by atoms with van der Waals surface area (Å²) in [6.07, 6.45) is 8.03. The van der Waals surface area contributed by atoms with E-state index in [1.807, 2.05) is 16.8 Å². The first-order chi connectivity index (χ1) is 10.7. The monoisotopic (exact) mass is 298 g/mol. The largest absolute Gasteiger partial charge is 0.305 e. The van der Waals surface area contributed by atoms with Gasteiger partial charge in [0.15, 0.2) is 0 Å². The van der Waals surface area contributed by atoms with Gasteiger partial charge in [-0.15, -0.1) is 0 Å². The lowest BCUT2D eigenvalue weighted by atomic mass is 10.0. The number of pyridine rings is 1. The van der Waals surface area contributed by atoms with Crippen LogP contribution in [0.15, 0.2) is 30.6 Å². The number of hydrogen-bond donors (Lipinski definition) is 1. The molecule has 1 aliphatic carbocycles. The van der Waals surface area contributed by atoms with Crippen molar-refractivity contribution in [2.24, 2.45) is 0 Å². The third-order valence-electron chi connectivity index (χ3n) is 4.27. The summed E-state index contributed by atoms with van der Waals surface area (Å²) < 4.78 is 1.88. The fraction of sp³-hybridized carbons (Fsp3) is 0.471. The summed E-state index contributed by atoms with van der Waals surface area (Å²) in [6.45, 7) is 4.19. The molecule has 5 heteroatoms. The van der Waals surface area contributed by atoms with Crippen LogP contribution in [0, 0.1) is 0 Å². The second-order valence-electron chi connectivity index (χ2n) is 6.15. The maximum Gasteiger partial charge on any atom is 0.275 e. The van der Waals surface area contributed by atoms with Gasteiger partial charge in [-0.2, -0.15) is 5.10 Å². The number of aromatic nitrogens is 3. The zero-order valence-electron chi connectivity index (χ0n) is 13.1. The molecule has 1 aliphatic rings. The second-order valence-corrected chi connectivity index (χ2v) is 6.15. The van der Waals surface area contributed by atoms with Gasteiger partial charge in [0.25, 0.3) is 5.91 Å². The van der Waals surface area contributed by atoms with E-state index >= 15 is 0 Å². The van der Waals surface area contributed by atoms with Crippen molar-refractivity contribution in [3.63, 3.8) is 0 Å². The lowest BCUT2D eigenvalue weighted by Gasteiger charge is -2.15. The molecule has 0 radical (unpaired) electrons. The molecule has 1 fully saturated rings. The zero-order chi connectivity index (χ0) is 15.5. The lowest BCUT2D eigenvalue weighted by molar-refractivity contribution is 0.101. The summed E-state index contributed by atoms with van der Waals surface area (Å²) in [4.78, 5) is 16.9. The SMILES string of the molecule is CC(C)c1cccnc1NC(=O)c1ccnn1C1CCCC1. The Balaban J connectivity index is 1.82. The van der Waals surface area contributed by atoms with E-state index in [1.54, 1.807) is 18.5 Å². The highest BCUT2D eigenvalue weighted by atomic mass is 16.2. The van der Waals surface area contributed by atoms with Crippen LogP contribution in [0.4, 0.5) is 5.82 Å². The quantitative estimate of drug-likeness (QED) is 0.934. The number of hydrogen-bond acceptors (Lipinski definition) is 3. The number of anilines is 1. The molecule has 2 aromatic heterocycles. The van der Waals surface area contributed by atoms with Gasteiger partial charge in [0.1, 0.15) is 11.5 Å². The third kappa shape index (κ3) is 2.89. The highest BCUT2D eigenvalue weighted by molar-refractivity contribution is 6.02. The first-order valence-corrected chi connectivity index (χ1v) is 7.96. The van der Waals surface area contributed by atoms with Gasteiger partial charge in [-0.05, 0) is 36.5 Å². The lowest BCUT2D eigenvalue weighted by Crippen LogP contribution is -2.21. The molecule has 2 heterocycles. The Morgan fingerprint density at radius 2 is 2.05 bits per heavy atom. The molecule has 2 aromatic rings. The maximum atomic E-state index is 12.6. The molecule has 0 bridgehead atoms. The van der Waals surface area contributed by atoms with Crippen LogP contribution in [-0.4, -0.2) is 20.7 Å². The van der Waals surface area contributed by atoms with Crippen LogP contribution >= 0.6 is 0 Å². The van der Waals surface area contributed by atoms with Crippen molar-refractivity contribution < 1.29 is 4.79 Å². The Morgan fingerprint density at radius 1 is 1.27 bits per heavy atom. The minimum atomic E-state index is -0.134. The molecule has 1 N–H and O–H groups in total. The van der Waals surface area contributed by atoms with E-state index < -0.39 is 0 Å².